The molecule has 0 unspecified atom stereocenters. The van der Waals surface area contributed by atoms with Crippen LogP contribution in [0.1, 0.15) is 0 Å². The normalized spacial score (nSPS) is 10.6. The van der Waals surface area contributed by atoms with E-state index in [1.165, 1.54) is 0 Å². The third-order valence-electron chi connectivity index (χ3n) is 3.57. The van der Waals surface area contributed by atoms with Crippen molar-refractivity contribution in [2.24, 2.45) is 10.2 Å². The van der Waals surface area contributed by atoms with Crippen LogP contribution in [0.2, 0.25) is 0 Å². The molecule has 0 radical (unpaired) electrons. The van der Waals surface area contributed by atoms with Crippen LogP contribution in [0.4, 0.5) is 22.7 Å². The molecule has 0 aliphatic carbocycles. The standard InChI is InChI=1S/C18H23N5/c1-14(23(5)18-9-7-6-8-17(18)19-2)20-21-15-10-12-16(13-11-15)22(3)4/h6-13,19H,1H2,2-5H3. The quantitative estimate of drug-likeness (QED) is 0.800. The molecule has 2 aromatic carbocycles. The molecule has 0 bridgehead atoms. The molecule has 0 amide bonds. The summed E-state index contributed by atoms with van der Waals surface area (Å²) in [6, 6.07) is 15.9. The van der Waals surface area contributed by atoms with Gasteiger partial charge in [0.25, 0.3) is 0 Å². The molecular weight excluding hydrogens is 286 g/mol. The van der Waals surface area contributed by atoms with Crippen molar-refractivity contribution in [2.75, 3.05) is 43.3 Å². The van der Waals surface area contributed by atoms with Crippen LogP contribution >= 0.6 is 0 Å². The number of hydrogen-bond acceptors (Lipinski definition) is 5. The smallest absolute Gasteiger partial charge is 0.148 e. The minimum Gasteiger partial charge on any atom is -0.386 e. The third kappa shape index (κ3) is 4.10. The summed E-state index contributed by atoms with van der Waals surface area (Å²) in [5.74, 6) is 0.574. The number of benzene rings is 2. The minimum absolute atomic E-state index is 0.574. The van der Waals surface area contributed by atoms with Crippen molar-refractivity contribution < 1.29 is 0 Å². The SMILES string of the molecule is C=C(N=Nc1ccc(N(C)C)cc1)N(C)c1ccccc1NC. The van der Waals surface area contributed by atoms with E-state index in [1.807, 2.05) is 86.5 Å². The van der Waals surface area contributed by atoms with Crippen molar-refractivity contribution in [3.05, 3.63) is 60.9 Å². The number of nitrogens with zero attached hydrogens (tertiary/aromatic N) is 4. The minimum atomic E-state index is 0.574. The van der Waals surface area contributed by atoms with E-state index < -0.39 is 0 Å². The Kier molecular flexibility index (Phi) is 5.36. The third-order valence-corrected chi connectivity index (χ3v) is 3.57. The average Bonchev–Trinajstić information content (AvgIpc) is 2.59. The topological polar surface area (TPSA) is 43.2 Å². The number of azo groups is 1. The molecule has 0 heterocycles. The van der Waals surface area contributed by atoms with Crippen molar-refractivity contribution in [1.82, 2.24) is 0 Å². The summed E-state index contributed by atoms with van der Waals surface area (Å²) in [5.41, 5.74) is 3.94. The van der Waals surface area contributed by atoms with Crippen molar-refractivity contribution >= 4 is 22.7 Å². The van der Waals surface area contributed by atoms with Gasteiger partial charge >= 0.3 is 0 Å². The van der Waals surface area contributed by atoms with E-state index in [4.69, 9.17) is 0 Å². The van der Waals surface area contributed by atoms with Gasteiger partial charge in [-0.15, -0.1) is 10.2 Å². The first kappa shape index (κ1) is 16.5. The van der Waals surface area contributed by atoms with Crippen LogP contribution in [0, 0.1) is 0 Å². The molecule has 5 heteroatoms. The first-order valence-electron chi connectivity index (χ1n) is 7.41. The van der Waals surface area contributed by atoms with E-state index in [2.05, 4.69) is 22.1 Å². The number of rotatable bonds is 6. The van der Waals surface area contributed by atoms with E-state index in [1.54, 1.807) is 0 Å². The van der Waals surface area contributed by atoms with Gasteiger partial charge in [-0.2, -0.15) is 0 Å². The van der Waals surface area contributed by atoms with Gasteiger partial charge in [0.2, 0.25) is 0 Å². The van der Waals surface area contributed by atoms with E-state index in [0.717, 1.165) is 22.7 Å². The van der Waals surface area contributed by atoms with Gasteiger partial charge in [-0.05, 0) is 36.4 Å². The molecule has 0 aliphatic heterocycles. The molecule has 0 saturated heterocycles. The van der Waals surface area contributed by atoms with Gasteiger partial charge in [0, 0.05) is 33.9 Å². The summed E-state index contributed by atoms with van der Waals surface area (Å²) in [5, 5.41) is 11.7. The van der Waals surface area contributed by atoms with Crippen LogP contribution in [0.3, 0.4) is 0 Å². The van der Waals surface area contributed by atoms with E-state index >= 15 is 0 Å². The fourth-order valence-corrected chi connectivity index (χ4v) is 2.12. The highest BCUT2D eigenvalue weighted by Gasteiger charge is 2.08. The largest absolute Gasteiger partial charge is 0.386 e. The second kappa shape index (κ2) is 7.45. The lowest BCUT2D eigenvalue weighted by Gasteiger charge is -2.21. The van der Waals surface area contributed by atoms with Gasteiger partial charge in [-0.3, -0.25) is 0 Å². The fourth-order valence-electron chi connectivity index (χ4n) is 2.12. The molecular formula is C18H23N5. The van der Waals surface area contributed by atoms with Gasteiger partial charge in [0.05, 0.1) is 17.1 Å². The zero-order chi connectivity index (χ0) is 16.8. The Labute approximate surface area is 138 Å². The summed E-state index contributed by atoms with van der Waals surface area (Å²) < 4.78 is 0. The molecule has 0 aromatic heterocycles. The summed E-state index contributed by atoms with van der Waals surface area (Å²) in [4.78, 5) is 3.95. The molecule has 0 fully saturated rings. The number of hydrogen-bond donors (Lipinski definition) is 1. The predicted molar refractivity (Wildman–Crippen MR) is 98.8 cm³/mol. The molecule has 0 atom stereocenters. The van der Waals surface area contributed by atoms with Crippen molar-refractivity contribution in [3.8, 4) is 0 Å². The fraction of sp³-hybridized carbons (Fsp3) is 0.222. The lowest BCUT2D eigenvalue weighted by Crippen LogP contribution is -2.15. The molecule has 120 valence electrons. The molecule has 23 heavy (non-hydrogen) atoms. The lowest BCUT2D eigenvalue weighted by atomic mass is 10.2. The second-order valence-electron chi connectivity index (χ2n) is 5.35. The molecule has 5 nitrogen and oxygen atoms in total. The van der Waals surface area contributed by atoms with Crippen molar-refractivity contribution in [3.63, 3.8) is 0 Å². The molecule has 1 N–H and O–H groups in total. The first-order valence-corrected chi connectivity index (χ1v) is 7.41. The first-order chi connectivity index (χ1) is 11.0. The Balaban J connectivity index is 2.11. The van der Waals surface area contributed by atoms with Gasteiger partial charge in [-0.1, -0.05) is 18.7 Å². The van der Waals surface area contributed by atoms with E-state index in [-0.39, 0.29) is 0 Å². The lowest BCUT2D eigenvalue weighted by molar-refractivity contribution is 1.01. The van der Waals surface area contributed by atoms with Crippen molar-refractivity contribution in [1.29, 1.82) is 0 Å². The van der Waals surface area contributed by atoms with Crippen LogP contribution in [-0.4, -0.2) is 28.2 Å². The van der Waals surface area contributed by atoms with Crippen molar-refractivity contribution in [2.45, 2.75) is 0 Å². The number of anilines is 3. The van der Waals surface area contributed by atoms with Crippen LogP contribution in [0.25, 0.3) is 0 Å². The summed E-state index contributed by atoms with van der Waals surface area (Å²) in [6.07, 6.45) is 0. The Bertz CT molecular complexity index is 689. The number of nitrogens with one attached hydrogen (secondary N) is 1. The number of para-hydroxylation sites is 2. The highest BCUT2D eigenvalue weighted by atomic mass is 15.3. The Morgan fingerprint density at radius 3 is 2.26 bits per heavy atom. The van der Waals surface area contributed by atoms with Crippen LogP contribution in [0.15, 0.2) is 71.2 Å². The summed E-state index contributed by atoms with van der Waals surface area (Å²) >= 11 is 0. The molecule has 0 spiro atoms. The Morgan fingerprint density at radius 1 is 1.00 bits per heavy atom. The van der Waals surface area contributed by atoms with Gasteiger partial charge in [0.1, 0.15) is 5.82 Å². The monoisotopic (exact) mass is 309 g/mol. The predicted octanol–water partition coefficient (Wildman–Crippen LogP) is 4.49. The van der Waals surface area contributed by atoms with Crippen LogP contribution in [-0.2, 0) is 0 Å². The van der Waals surface area contributed by atoms with E-state index in [9.17, 15) is 0 Å². The zero-order valence-corrected chi connectivity index (χ0v) is 14.1. The van der Waals surface area contributed by atoms with Gasteiger partial charge in [0.15, 0.2) is 0 Å². The van der Waals surface area contributed by atoms with Crippen LogP contribution < -0.4 is 15.1 Å². The maximum absolute atomic E-state index is 4.25. The second-order valence-corrected chi connectivity index (χ2v) is 5.35. The Hall–Kier alpha value is -2.82. The highest BCUT2D eigenvalue weighted by molar-refractivity contribution is 5.71. The zero-order valence-electron chi connectivity index (χ0n) is 14.1. The molecule has 0 saturated carbocycles. The maximum atomic E-state index is 4.25. The molecule has 0 aliphatic rings. The maximum Gasteiger partial charge on any atom is 0.148 e. The van der Waals surface area contributed by atoms with Gasteiger partial charge in [-0.25, -0.2) is 0 Å². The Morgan fingerprint density at radius 2 is 1.65 bits per heavy atom. The van der Waals surface area contributed by atoms with Crippen LogP contribution in [0.5, 0.6) is 0 Å². The van der Waals surface area contributed by atoms with E-state index in [0.29, 0.717) is 5.82 Å². The molecule has 2 rings (SSSR count). The highest BCUT2D eigenvalue weighted by Crippen LogP contribution is 2.27. The molecule has 2 aromatic rings. The summed E-state index contributed by atoms with van der Waals surface area (Å²) in [6.45, 7) is 4.00. The average molecular weight is 309 g/mol. The summed E-state index contributed by atoms with van der Waals surface area (Å²) in [7, 11) is 7.83. The van der Waals surface area contributed by atoms with Gasteiger partial charge < -0.3 is 15.1 Å².